The highest BCUT2D eigenvalue weighted by molar-refractivity contribution is 6.30. The van der Waals surface area contributed by atoms with Gasteiger partial charge in [0, 0.05) is 22.7 Å². The second-order valence-corrected chi connectivity index (χ2v) is 8.75. The first-order valence-electron chi connectivity index (χ1n) is 10.7. The molecule has 2 aliphatic rings. The maximum Gasteiger partial charge on any atom is 0.275 e. The molecule has 154 valence electrons. The maximum absolute atomic E-state index is 12.6. The van der Waals surface area contributed by atoms with Crippen molar-refractivity contribution < 1.29 is 14.6 Å². The van der Waals surface area contributed by atoms with Gasteiger partial charge in [0.25, 0.3) is 5.91 Å². The normalized spacial score (nSPS) is 22.6. The van der Waals surface area contributed by atoms with E-state index < -0.39 is 0 Å². The van der Waals surface area contributed by atoms with Crippen molar-refractivity contribution in [3.63, 3.8) is 0 Å². The summed E-state index contributed by atoms with van der Waals surface area (Å²) in [7, 11) is 0. The van der Waals surface area contributed by atoms with Gasteiger partial charge in [-0.25, -0.2) is 0 Å². The van der Waals surface area contributed by atoms with Crippen molar-refractivity contribution >= 4 is 23.2 Å². The van der Waals surface area contributed by atoms with Crippen LogP contribution in [-0.4, -0.2) is 57.8 Å². The van der Waals surface area contributed by atoms with E-state index in [9.17, 15) is 4.79 Å². The first kappa shape index (κ1) is 20.2. The molecule has 0 saturated carbocycles. The van der Waals surface area contributed by atoms with E-state index in [0.717, 1.165) is 57.3 Å². The summed E-state index contributed by atoms with van der Waals surface area (Å²) in [6.45, 7) is 7.66. The van der Waals surface area contributed by atoms with Crippen LogP contribution < -0.4 is 20.0 Å². The number of hydrogen-bond acceptors (Lipinski definition) is 2. The molecule has 2 aromatic rings. The summed E-state index contributed by atoms with van der Waals surface area (Å²) in [5.74, 6) is 0.196. The van der Waals surface area contributed by atoms with Gasteiger partial charge in [-0.3, -0.25) is 4.79 Å². The van der Waals surface area contributed by atoms with Gasteiger partial charge in [0.1, 0.15) is 6.54 Å². The number of carbonyl (C=O) groups excluding carboxylic acids is 1. The van der Waals surface area contributed by atoms with E-state index in [-0.39, 0.29) is 5.91 Å². The van der Waals surface area contributed by atoms with Gasteiger partial charge in [-0.2, -0.15) is 0 Å². The lowest BCUT2D eigenvalue weighted by Gasteiger charge is -2.33. The molecule has 29 heavy (non-hydrogen) atoms. The van der Waals surface area contributed by atoms with Crippen molar-refractivity contribution in [2.24, 2.45) is 0 Å². The summed E-state index contributed by atoms with van der Waals surface area (Å²) in [6.07, 6.45) is 1.08. The Morgan fingerprint density at radius 2 is 1.83 bits per heavy atom. The number of piperazine rings is 1. The highest BCUT2D eigenvalue weighted by Crippen LogP contribution is 2.19. The Hall–Kier alpha value is -2.08. The molecule has 3 N–H and O–H groups in total. The number of amides is 1. The van der Waals surface area contributed by atoms with Crippen molar-refractivity contribution in [1.82, 2.24) is 5.32 Å². The van der Waals surface area contributed by atoms with Gasteiger partial charge in [0.05, 0.1) is 45.3 Å². The van der Waals surface area contributed by atoms with Crippen molar-refractivity contribution in [3.8, 4) is 0 Å². The van der Waals surface area contributed by atoms with Crippen molar-refractivity contribution in [2.45, 2.75) is 19.0 Å². The van der Waals surface area contributed by atoms with Gasteiger partial charge < -0.3 is 20.0 Å². The highest BCUT2D eigenvalue weighted by Gasteiger charge is 2.29. The topological polar surface area (TPSA) is 41.2 Å². The minimum Gasteiger partial charge on any atom is -0.360 e. The lowest BCUT2D eigenvalue weighted by molar-refractivity contribution is -0.901. The second-order valence-electron chi connectivity index (χ2n) is 8.31. The third-order valence-electron chi connectivity index (χ3n) is 6.10. The average molecular weight is 415 g/mol. The van der Waals surface area contributed by atoms with Crippen LogP contribution in [0.1, 0.15) is 12.0 Å². The van der Waals surface area contributed by atoms with Gasteiger partial charge in [-0.15, -0.1) is 0 Å². The van der Waals surface area contributed by atoms with Gasteiger partial charge in [0.15, 0.2) is 6.54 Å². The van der Waals surface area contributed by atoms with Crippen LogP contribution in [0.5, 0.6) is 0 Å². The number of carbonyl (C=O) groups is 1. The molecule has 0 aliphatic carbocycles. The largest absolute Gasteiger partial charge is 0.360 e. The van der Waals surface area contributed by atoms with Crippen LogP contribution in [0.2, 0.25) is 5.02 Å². The summed E-state index contributed by atoms with van der Waals surface area (Å²) in [5, 5.41) is 4.06. The maximum atomic E-state index is 12.6. The van der Waals surface area contributed by atoms with Gasteiger partial charge >= 0.3 is 0 Å². The molecule has 5 nitrogen and oxygen atoms in total. The van der Waals surface area contributed by atoms with Crippen LogP contribution in [0.4, 0.5) is 5.69 Å². The summed E-state index contributed by atoms with van der Waals surface area (Å²) in [4.78, 5) is 17.8. The van der Waals surface area contributed by atoms with Crippen LogP contribution in [0.25, 0.3) is 0 Å². The molecule has 4 rings (SSSR count). The Balaban J connectivity index is 1.18. The predicted molar refractivity (Wildman–Crippen MR) is 117 cm³/mol. The second kappa shape index (κ2) is 9.61. The molecule has 2 aliphatic heterocycles. The zero-order valence-electron chi connectivity index (χ0n) is 16.9. The minimum absolute atomic E-state index is 0.196. The van der Waals surface area contributed by atoms with Crippen molar-refractivity contribution in [1.29, 1.82) is 0 Å². The zero-order chi connectivity index (χ0) is 20.1. The molecular weight excluding hydrogens is 384 g/mol. The smallest absolute Gasteiger partial charge is 0.275 e. The van der Waals surface area contributed by atoms with Crippen LogP contribution in [0, 0.1) is 0 Å². The van der Waals surface area contributed by atoms with Crippen LogP contribution in [0.3, 0.4) is 0 Å². The van der Waals surface area contributed by atoms with Crippen LogP contribution in [-0.2, 0) is 11.3 Å². The van der Waals surface area contributed by atoms with E-state index in [1.54, 1.807) is 4.90 Å². The number of quaternary nitrogens is 2. The van der Waals surface area contributed by atoms with E-state index >= 15 is 0 Å². The monoisotopic (exact) mass is 414 g/mol. The number of nitrogens with one attached hydrogen (secondary N) is 3. The Morgan fingerprint density at radius 1 is 1.03 bits per heavy atom. The summed E-state index contributed by atoms with van der Waals surface area (Å²) in [6, 6.07) is 19.0. The fourth-order valence-electron chi connectivity index (χ4n) is 4.54. The number of hydrogen-bond donors (Lipinski definition) is 3. The number of anilines is 1. The quantitative estimate of drug-likeness (QED) is 0.623. The minimum atomic E-state index is 0.196. The predicted octanol–water partition coefficient (Wildman–Crippen LogP) is 0.0185. The fraction of sp³-hybridized carbons (Fsp3) is 0.435. The Bertz CT molecular complexity index is 808. The lowest BCUT2D eigenvalue weighted by Crippen LogP contribution is -3.16. The molecule has 2 fully saturated rings. The molecule has 0 bridgehead atoms. The first-order chi connectivity index (χ1) is 14.2. The van der Waals surface area contributed by atoms with E-state index in [4.69, 9.17) is 11.6 Å². The van der Waals surface area contributed by atoms with Crippen LogP contribution >= 0.6 is 11.6 Å². The molecule has 2 saturated heterocycles. The molecule has 2 atom stereocenters. The summed E-state index contributed by atoms with van der Waals surface area (Å²) < 4.78 is 0. The SMILES string of the molecule is O=C(C[NH+]1CCN(c2cccc(Cl)c2)CC1)N[C@@H]1CC[NH+](Cc2ccccc2)C1. The molecular formula is C23H31ClN4O+2. The highest BCUT2D eigenvalue weighted by atomic mass is 35.5. The number of halogens is 1. The molecule has 1 amide bonds. The average Bonchev–Trinajstić information content (AvgIpc) is 3.16. The third kappa shape index (κ3) is 5.72. The third-order valence-corrected chi connectivity index (χ3v) is 6.33. The van der Waals surface area contributed by atoms with Gasteiger partial charge in [-0.05, 0) is 18.2 Å². The Labute approximate surface area is 178 Å². The van der Waals surface area contributed by atoms with E-state index in [0.29, 0.717) is 12.6 Å². The Kier molecular flexibility index (Phi) is 6.70. The molecule has 0 radical (unpaired) electrons. The van der Waals surface area contributed by atoms with E-state index in [1.165, 1.54) is 16.2 Å². The molecule has 2 heterocycles. The van der Waals surface area contributed by atoms with Gasteiger partial charge in [-0.1, -0.05) is 48.0 Å². The van der Waals surface area contributed by atoms with E-state index in [2.05, 4.69) is 46.6 Å². The standard InChI is InChI=1S/C23H29ClN4O/c24-20-7-4-8-22(15-20)28-13-11-26(12-14-28)18-23(29)25-21-9-10-27(17-21)16-19-5-2-1-3-6-19/h1-8,15,21H,9-14,16-18H2,(H,25,29)/p+2/t21-/m1/s1. The summed E-state index contributed by atoms with van der Waals surface area (Å²) in [5.41, 5.74) is 2.55. The van der Waals surface area contributed by atoms with Crippen molar-refractivity contribution in [2.75, 3.05) is 50.7 Å². The molecule has 0 spiro atoms. The molecule has 1 unspecified atom stereocenters. The first-order valence-corrected chi connectivity index (χ1v) is 11.0. The molecule has 0 aromatic heterocycles. The fourth-order valence-corrected chi connectivity index (χ4v) is 4.72. The zero-order valence-corrected chi connectivity index (χ0v) is 17.6. The lowest BCUT2D eigenvalue weighted by atomic mass is 10.2. The number of likely N-dealkylation sites (tertiary alicyclic amines) is 1. The van der Waals surface area contributed by atoms with E-state index in [1.807, 2.05) is 18.2 Å². The van der Waals surface area contributed by atoms with Crippen molar-refractivity contribution in [3.05, 3.63) is 65.2 Å². The number of nitrogens with zero attached hydrogens (tertiary/aromatic N) is 1. The Morgan fingerprint density at radius 3 is 2.59 bits per heavy atom. The molecule has 6 heteroatoms. The van der Waals surface area contributed by atoms with Gasteiger partial charge in [0.2, 0.25) is 0 Å². The van der Waals surface area contributed by atoms with Crippen LogP contribution in [0.15, 0.2) is 54.6 Å². The number of rotatable bonds is 6. The molecule has 2 aromatic carbocycles. The number of benzene rings is 2. The summed E-state index contributed by atoms with van der Waals surface area (Å²) >= 11 is 6.11.